The Kier molecular flexibility index (Phi) is 5.33. The van der Waals surface area contributed by atoms with E-state index in [9.17, 15) is 13.2 Å². The van der Waals surface area contributed by atoms with Gasteiger partial charge in [-0.05, 0) is 30.2 Å². The van der Waals surface area contributed by atoms with Crippen molar-refractivity contribution < 1.29 is 17.9 Å². The summed E-state index contributed by atoms with van der Waals surface area (Å²) >= 11 is 0. The molecule has 0 saturated heterocycles. The number of sulfonamides is 1. The van der Waals surface area contributed by atoms with Crippen molar-refractivity contribution in [2.75, 3.05) is 20.2 Å². The molecule has 0 fully saturated rings. The van der Waals surface area contributed by atoms with Gasteiger partial charge < -0.3 is 14.2 Å². The number of hydrogen-bond donors (Lipinski definition) is 1. The molecule has 140 valence electrons. The summed E-state index contributed by atoms with van der Waals surface area (Å²) in [6.07, 6.45) is 2.41. The second kappa shape index (κ2) is 7.51. The number of methoxy groups -OCH3 is 1. The summed E-state index contributed by atoms with van der Waals surface area (Å²) in [5, 5.41) is 0. The molecule has 0 bridgehead atoms. The van der Waals surface area contributed by atoms with Crippen molar-refractivity contribution >= 4 is 15.9 Å². The molecule has 3 rings (SSSR count). The van der Waals surface area contributed by atoms with E-state index >= 15 is 0 Å². The van der Waals surface area contributed by atoms with Gasteiger partial charge in [0.15, 0.2) is 0 Å². The van der Waals surface area contributed by atoms with Gasteiger partial charge in [0, 0.05) is 32.4 Å². The second-order valence-corrected chi connectivity index (χ2v) is 7.99. The van der Waals surface area contributed by atoms with Crippen molar-refractivity contribution in [3.05, 3.63) is 47.8 Å². The number of carbonyl (C=O) groups is 1. The molecule has 2 aromatic rings. The molecule has 0 atom stereocenters. The van der Waals surface area contributed by atoms with Gasteiger partial charge in [-0.25, -0.2) is 13.1 Å². The van der Waals surface area contributed by atoms with Gasteiger partial charge in [0.1, 0.15) is 16.3 Å². The van der Waals surface area contributed by atoms with Gasteiger partial charge >= 0.3 is 0 Å². The van der Waals surface area contributed by atoms with Crippen molar-refractivity contribution in [2.24, 2.45) is 0 Å². The highest BCUT2D eigenvalue weighted by molar-refractivity contribution is 7.89. The Labute approximate surface area is 153 Å². The summed E-state index contributed by atoms with van der Waals surface area (Å²) in [4.78, 5) is 14.3. The second-order valence-electron chi connectivity index (χ2n) is 6.22. The van der Waals surface area contributed by atoms with Crippen molar-refractivity contribution in [1.29, 1.82) is 0 Å². The quantitative estimate of drug-likeness (QED) is 0.798. The fourth-order valence-electron chi connectivity index (χ4n) is 2.97. The van der Waals surface area contributed by atoms with Crippen LogP contribution in [0.1, 0.15) is 29.4 Å². The number of benzene rings is 1. The Morgan fingerprint density at radius 2 is 1.92 bits per heavy atom. The van der Waals surface area contributed by atoms with Gasteiger partial charge in [-0.1, -0.05) is 19.1 Å². The van der Waals surface area contributed by atoms with E-state index < -0.39 is 10.0 Å². The standard InChI is InChI=1S/C18H23N3O4S/c1-3-8-20-9-10-21-13-16(11-17(21)18(20)22)26(23,24)19-12-14-4-6-15(25-2)7-5-14/h4-7,11,13,19H,3,8-10,12H2,1-2H3. The Morgan fingerprint density at radius 3 is 2.58 bits per heavy atom. The summed E-state index contributed by atoms with van der Waals surface area (Å²) in [7, 11) is -2.12. The van der Waals surface area contributed by atoms with Crippen LogP contribution in [0.3, 0.4) is 0 Å². The first-order valence-electron chi connectivity index (χ1n) is 8.56. The monoisotopic (exact) mass is 377 g/mol. The van der Waals surface area contributed by atoms with E-state index in [-0.39, 0.29) is 17.3 Å². The molecule has 1 aliphatic heterocycles. The van der Waals surface area contributed by atoms with Gasteiger partial charge in [0.2, 0.25) is 10.0 Å². The van der Waals surface area contributed by atoms with Crippen molar-refractivity contribution in [3.8, 4) is 5.75 Å². The fourth-order valence-corrected chi connectivity index (χ4v) is 4.03. The number of nitrogens with zero attached hydrogens (tertiary/aromatic N) is 2. The van der Waals surface area contributed by atoms with Gasteiger partial charge in [-0.15, -0.1) is 0 Å². The third-order valence-corrected chi connectivity index (χ3v) is 5.79. The highest BCUT2D eigenvalue weighted by Crippen LogP contribution is 2.20. The van der Waals surface area contributed by atoms with Gasteiger partial charge in [0.05, 0.1) is 7.11 Å². The number of aromatic nitrogens is 1. The summed E-state index contributed by atoms with van der Waals surface area (Å²) in [5.74, 6) is 0.599. The molecule has 0 radical (unpaired) electrons. The van der Waals surface area contributed by atoms with Crippen LogP contribution in [0, 0.1) is 0 Å². The lowest BCUT2D eigenvalue weighted by molar-refractivity contribution is 0.0705. The molecule has 8 heteroatoms. The molecule has 0 spiro atoms. The average Bonchev–Trinajstić information content (AvgIpc) is 3.09. The lowest BCUT2D eigenvalue weighted by atomic mass is 10.2. The van der Waals surface area contributed by atoms with E-state index in [0.717, 1.165) is 12.0 Å². The molecular formula is C18H23N3O4S. The highest BCUT2D eigenvalue weighted by Gasteiger charge is 2.27. The molecule has 1 amide bonds. The number of fused-ring (bicyclic) bond motifs is 1. The molecule has 0 unspecified atom stereocenters. The maximum absolute atomic E-state index is 12.6. The summed E-state index contributed by atoms with van der Waals surface area (Å²) in [6, 6.07) is 8.63. The first-order valence-corrected chi connectivity index (χ1v) is 10.0. The molecule has 1 aromatic heterocycles. The van der Waals surface area contributed by atoms with E-state index in [0.29, 0.717) is 31.1 Å². The first kappa shape index (κ1) is 18.5. The van der Waals surface area contributed by atoms with Crippen molar-refractivity contribution in [1.82, 2.24) is 14.2 Å². The summed E-state index contributed by atoms with van der Waals surface area (Å²) in [5.41, 5.74) is 1.25. The first-order chi connectivity index (χ1) is 12.4. The number of amides is 1. The Morgan fingerprint density at radius 1 is 1.19 bits per heavy atom. The number of carbonyl (C=O) groups excluding carboxylic acids is 1. The molecular weight excluding hydrogens is 354 g/mol. The third-order valence-electron chi connectivity index (χ3n) is 4.42. The highest BCUT2D eigenvalue weighted by atomic mass is 32.2. The number of nitrogens with one attached hydrogen (secondary N) is 1. The van der Waals surface area contributed by atoms with Crippen LogP contribution in [0.25, 0.3) is 0 Å². The van der Waals surface area contributed by atoms with Crippen molar-refractivity contribution in [3.63, 3.8) is 0 Å². The maximum atomic E-state index is 12.6. The van der Waals surface area contributed by atoms with Crippen molar-refractivity contribution in [2.45, 2.75) is 31.3 Å². The zero-order valence-corrected chi connectivity index (χ0v) is 15.8. The SMILES string of the molecule is CCCN1CCn2cc(S(=O)(=O)NCc3ccc(OC)cc3)cc2C1=O. The van der Waals surface area contributed by atoms with E-state index in [1.807, 2.05) is 6.92 Å². The minimum absolute atomic E-state index is 0.116. The largest absolute Gasteiger partial charge is 0.497 e. The lowest BCUT2D eigenvalue weighted by Crippen LogP contribution is -2.40. The molecule has 1 N–H and O–H groups in total. The van der Waals surface area contributed by atoms with E-state index in [4.69, 9.17) is 4.74 Å². The lowest BCUT2D eigenvalue weighted by Gasteiger charge is -2.27. The topological polar surface area (TPSA) is 80.6 Å². The Hall–Kier alpha value is -2.32. The molecule has 1 aliphatic rings. The Balaban J connectivity index is 1.74. The van der Waals surface area contributed by atoms with Crippen LogP contribution in [0.5, 0.6) is 5.75 Å². The van der Waals surface area contributed by atoms with Gasteiger partial charge in [-0.2, -0.15) is 0 Å². The van der Waals surface area contributed by atoms with E-state index in [1.54, 1.807) is 40.8 Å². The van der Waals surface area contributed by atoms with Crippen LogP contribution in [0.15, 0.2) is 41.4 Å². The van der Waals surface area contributed by atoms with E-state index in [2.05, 4.69) is 4.72 Å². The van der Waals surface area contributed by atoms with Gasteiger partial charge in [-0.3, -0.25) is 4.79 Å². The predicted molar refractivity (Wildman–Crippen MR) is 97.6 cm³/mol. The number of ether oxygens (including phenoxy) is 1. The Bertz CT molecular complexity index is 888. The summed E-state index contributed by atoms with van der Waals surface area (Å²) < 4.78 is 34.6. The van der Waals surface area contributed by atoms with Crippen LogP contribution in [0.4, 0.5) is 0 Å². The molecule has 26 heavy (non-hydrogen) atoms. The maximum Gasteiger partial charge on any atom is 0.270 e. The summed E-state index contributed by atoms with van der Waals surface area (Å²) in [6.45, 7) is 4.08. The predicted octanol–water partition coefficient (Wildman–Crippen LogP) is 1.84. The zero-order chi connectivity index (χ0) is 18.7. The minimum atomic E-state index is -3.69. The third kappa shape index (κ3) is 3.76. The smallest absolute Gasteiger partial charge is 0.270 e. The van der Waals surface area contributed by atoms with Crippen LogP contribution >= 0.6 is 0 Å². The molecule has 0 saturated carbocycles. The van der Waals surface area contributed by atoms with Crippen LogP contribution in [-0.4, -0.2) is 44.0 Å². The normalized spacial score (nSPS) is 14.4. The van der Waals surface area contributed by atoms with Crippen LogP contribution < -0.4 is 9.46 Å². The zero-order valence-electron chi connectivity index (χ0n) is 14.9. The molecule has 1 aromatic carbocycles. The molecule has 0 aliphatic carbocycles. The number of hydrogen-bond acceptors (Lipinski definition) is 4. The van der Waals surface area contributed by atoms with Crippen LogP contribution in [-0.2, 0) is 23.1 Å². The van der Waals surface area contributed by atoms with E-state index in [1.165, 1.54) is 12.3 Å². The molecule has 7 nitrogen and oxygen atoms in total. The molecule has 2 heterocycles. The average molecular weight is 377 g/mol. The number of rotatable bonds is 7. The van der Waals surface area contributed by atoms with Gasteiger partial charge in [0.25, 0.3) is 5.91 Å². The minimum Gasteiger partial charge on any atom is -0.497 e. The van der Waals surface area contributed by atoms with Crippen LogP contribution in [0.2, 0.25) is 0 Å². The fraction of sp³-hybridized carbons (Fsp3) is 0.389.